The molecule has 2 amide bonds. The largest absolute Gasteiger partial charge is 0.480 e. The summed E-state index contributed by atoms with van der Waals surface area (Å²) in [6, 6.07) is 6.60. The van der Waals surface area contributed by atoms with Gasteiger partial charge < -0.3 is 15.3 Å². The summed E-state index contributed by atoms with van der Waals surface area (Å²) in [6.07, 6.45) is 5.16. The number of carbonyl (C=O) groups excluding carboxylic acids is 2. The second-order valence-electron chi connectivity index (χ2n) is 5.96. The van der Waals surface area contributed by atoms with Crippen LogP contribution >= 0.6 is 0 Å². The van der Waals surface area contributed by atoms with Crippen LogP contribution in [0.3, 0.4) is 0 Å². The highest BCUT2D eigenvalue weighted by molar-refractivity contribution is 5.98. The van der Waals surface area contributed by atoms with E-state index >= 15 is 0 Å². The normalized spacial score (nSPS) is 15.0. The first-order valence-corrected chi connectivity index (χ1v) is 7.85. The number of hydrogen-bond acceptors (Lipinski definition) is 3. The monoisotopic (exact) mass is 318 g/mol. The van der Waals surface area contributed by atoms with Crippen LogP contribution in [0.1, 0.15) is 42.5 Å². The molecule has 0 bridgehead atoms. The van der Waals surface area contributed by atoms with Crippen molar-refractivity contribution in [1.29, 1.82) is 0 Å². The molecule has 0 saturated heterocycles. The van der Waals surface area contributed by atoms with E-state index in [0.29, 0.717) is 11.3 Å². The van der Waals surface area contributed by atoms with Gasteiger partial charge in [0, 0.05) is 24.2 Å². The lowest BCUT2D eigenvalue weighted by atomic mass is 9.88. The van der Waals surface area contributed by atoms with Crippen LogP contribution in [-0.2, 0) is 9.59 Å². The maximum atomic E-state index is 12.2. The SMILES string of the molecule is CN(CC(=O)O)C(=O)c1cccc(NC(=O)C2CCCCC2)c1. The first-order chi connectivity index (χ1) is 11.0. The average Bonchev–Trinajstić information content (AvgIpc) is 2.54. The fourth-order valence-electron chi connectivity index (χ4n) is 2.83. The Morgan fingerprint density at radius 2 is 1.91 bits per heavy atom. The number of nitrogens with one attached hydrogen (secondary N) is 1. The molecule has 6 nitrogen and oxygen atoms in total. The predicted octanol–water partition coefficient (Wildman–Crippen LogP) is 2.36. The Balaban J connectivity index is 2.02. The molecule has 23 heavy (non-hydrogen) atoms. The van der Waals surface area contributed by atoms with Gasteiger partial charge >= 0.3 is 5.97 Å². The summed E-state index contributed by atoms with van der Waals surface area (Å²) in [5.74, 6) is -1.42. The summed E-state index contributed by atoms with van der Waals surface area (Å²) in [5, 5.41) is 11.6. The van der Waals surface area contributed by atoms with Crippen molar-refractivity contribution in [3.05, 3.63) is 29.8 Å². The van der Waals surface area contributed by atoms with Gasteiger partial charge in [-0.25, -0.2) is 0 Å². The second kappa shape index (κ2) is 7.76. The molecular formula is C17H22N2O4. The minimum absolute atomic E-state index is 0.00631. The zero-order valence-corrected chi connectivity index (χ0v) is 13.2. The van der Waals surface area contributed by atoms with Gasteiger partial charge in [0.05, 0.1) is 0 Å². The molecule has 6 heteroatoms. The quantitative estimate of drug-likeness (QED) is 0.872. The number of hydrogen-bond donors (Lipinski definition) is 2. The summed E-state index contributed by atoms with van der Waals surface area (Å²) in [6.45, 7) is -0.364. The summed E-state index contributed by atoms with van der Waals surface area (Å²) < 4.78 is 0. The van der Waals surface area contributed by atoms with Crippen molar-refractivity contribution in [2.45, 2.75) is 32.1 Å². The Hall–Kier alpha value is -2.37. The topological polar surface area (TPSA) is 86.7 Å². The van der Waals surface area contributed by atoms with E-state index in [2.05, 4.69) is 5.32 Å². The van der Waals surface area contributed by atoms with Crippen LogP contribution in [0.25, 0.3) is 0 Å². The van der Waals surface area contributed by atoms with E-state index < -0.39 is 5.97 Å². The van der Waals surface area contributed by atoms with Gasteiger partial charge in [-0.15, -0.1) is 0 Å². The lowest BCUT2D eigenvalue weighted by Crippen LogP contribution is -2.32. The number of aliphatic carboxylic acids is 1. The molecule has 0 atom stereocenters. The van der Waals surface area contributed by atoms with Crippen molar-refractivity contribution in [1.82, 2.24) is 4.90 Å². The number of carboxylic acid groups (broad SMARTS) is 1. The van der Waals surface area contributed by atoms with Gasteiger partial charge in [-0.1, -0.05) is 25.3 Å². The first kappa shape index (κ1) is 17.0. The van der Waals surface area contributed by atoms with E-state index in [1.807, 2.05) is 0 Å². The van der Waals surface area contributed by atoms with Crippen molar-refractivity contribution in [3.8, 4) is 0 Å². The number of amides is 2. The predicted molar refractivity (Wildman–Crippen MR) is 86.2 cm³/mol. The molecule has 2 N–H and O–H groups in total. The first-order valence-electron chi connectivity index (χ1n) is 7.85. The third-order valence-electron chi connectivity index (χ3n) is 4.07. The van der Waals surface area contributed by atoms with E-state index in [0.717, 1.165) is 30.6 Å². The van der Waals surface area contributed by atoms with E-state index in [1.165, 1.54) is 13.5 Å². The lowest BCUT2D eigenvalue weighted by Gasteiger charge is -2.21. The van der Waals surface area contributed by atoms with Gasteiger partial charge in [0.25, 0.3) is 5.91 Å². The Bertz CT molecular complexity index is 594. The van der Waals surface area contributed by atoms with E-state index in [4.69, 9.17) is 5.11 Å². The fraction of sp³-hybridized carbons (Fsp3) is 0.471. The van der Waals surface area contributed by atoms with Crippen molar-refractivity contribution < 1.29 is 19.5 Å². The van der Waals surface area contributed by atoms with Crippen molar-refractivity contribution in [2.75, 3.05) is 18.9 Å². The molecule has 0 aromatic heterocycles. The van der Waals surface area contributed by atoms with E-state index in [-0.39, 0.29) is 24.3 Å². The summed E-state index contributed by atoms with van der Waals surface area (Å²) in [7, 11) is 1.43. The molecule has 0 aliphatic heterocycles. The highest BCUT2D eigenvalue weighted by Crippen LogP contribution is 2.25. The summed E-state index contributed by atoms with van der Waals surface area (Å²) in [4.78, 5) is 36.2. The number of rotatable bonds is 5. The van der Waals surface area contributed by atoms with Gasteiger partial charge in [-0.2, -0.15) is 0 Å². The van der Waals surface area contributed by atoms with Crippen molar-refractivity contribution in [2.24, 2.45) is 5.92 Å². The third-order valence-corrected chi connectivity index (χ3v) is 4.07. The summed E-state index contributed by atoms with van der Waals surface area (Å²) in [5.41, 5.74) is 0.922. The highest BCUT2D eigenvalue weighted by Gasteiger charge is 2.21. The molecule has 0 radical (unpaired) electrons. The molecule has 1 aliphatic carbocycles. The van der Waals surface area contributed by atoms with Gasteiger partial charge in [0.15, 0.2) is 0 Å². The van der Waals surface area contributed by atoms with Crippen LogP contribution in [0.5, 0.6) is 0 Å². The number of anilines is 1. The molecule has 0 unspecified atom stereocenters. The fourth-order valence-corrected chi connectivity index (χ4v) is 2.83. The number of likely N-dealkylation sites (N-methyl/N-ethyl adjacent to an activating group) is 1. The van der Waals surface area contributed by atoms with Crippen LogP contribution < -0.4 is 5.32 Å². The zero-order valence-electron chi connectivity index (χ0n) is 13.2. The minimum atomic E-state index is -1.07. The van der Waals surface area contributed by atoms with Crippen LogP contribution in [-0.4, -0.2) is 41.4 Å². The molecule has 1 aliphatic rings. The van der Waals surface area contributed by atoms with E-state index in [1.54, 1.807) is 24.3 Å². The maximum absolute atomic E-state index is 12.2. The van der Waals surface area contributed by atoms with Gasteiger partial charge in [0.1, 0.15) is 6.54 Å². The number of carboxylic acids is 1. The number of nitrogens with zero attached hydrogens (tertiary/aromatic N) is 1. The molecule has 2 rings (SSSR count). The minimum Gasteiger partial charge on any atom is -0.480 e. The van der Waals surface area contributed by atoms with Crippen LogP contribution in [0.15, 0.2) is 24.3 Å². The van der Waals surface area contributed by atoms with Gasteiger partial charge in [-0.05, 0) is 31.0 Å². The highest BCUT2D eigenvalue weighted by atomic mass is 16.4. The number of carbonyl (C=O) groups is 3. The third kappa shape index (κ3) is 4.81. The molecule has 0 heterocycles. The standard InChI is InChI=1S/C17H22N2O4/c1-19(11-15(20)21)17(23)13-8-5-9-14(10-13)18-16(22)12-6-3-2-4-7-12/h5,8-10,12H,2-4,6-7,11H2,1H3,(H,18,22)(H,20,21). The van der Waals surface area contributed by atoms with Crippen LogP contribution in [0.2, 0.25) is 0 Å². The number of benzene rings is 1. The second-order valence-corrected chi connectivity index (χ2v) is 5.96. The van der Waals surface area contributed by atoms with Crippen LogP contribution in [0.4, 0.5) is 5.69 Å². The molecule has 1 aromatic carbocycles. The van der Waals surface area contributed by atoms with Crippen molar-refractivity contribution in [3.63, 3.8) is 0 Å². The maximum Gasteiger partial charge on any atom is 0.323 e. The van der Waals surface area contributed by atoms with Crippen molar-refractivity contribution >= 4 is 23.5 Å². The molecule has 0 spiro atoms. The Morgan fingerprint density at radius 1 is 1.22 bits per heavy atom. The van der Waals surface area contributed by atoms with Gasteiger partial charge in [-0.3, -0.25) is 14.4 Å². The average molecular weight is 318 g/mol. The molecule has 124 valence electrons. The molecule has 1 aromatic rings. The Morgan fingerprint density at radius 3 is 2.57 bits per heavy atom. The van der Waals surface area contributed by atoms with E-state index in [9.17, 15) is 14.4 Å². The molecular weight excluding hydrogens is 296 g/mol. The molecule has 1 saturated carbocycles. The summed E-state index contributed by atoms with van der Waals surface area (Å²) >= 11 is 0. The lowest BCUT2D eigenvalue weighted by molar-refractivity contribution is -0.137. The molecule has 1 fully saturated rings. The Labute approximate surface area is 135 Å². The van der Waals surface area contributed by atoms with Gasteiger partial charge in [0.2, 0.25) is 5.91 Å². The smallest absolute Gasteiger partial charge is 0.323 e. The Kier molecular flexibility index (Phi) is 5.73. The van der Waals surface area contributed by atoms with Crippen LogP contribution in [0, 0.1) is 5.92 Å². The zero-order chi connectivity index (χ0) is 16.8.